The summed E-state index contributed by atoms with van der Waals surface area (Å²) in [7, 11) is 0. The van der Waals surface area contributed by atoms with Crippen LogP contribution >= 0.6 is 50.7 Å². The van der Waals surface area contributed by atoms with Crippen molar-refractivity contribution in [3.05, 3.63) is 61.5 Å². The SMILES string of the molecule is CCOc1cc(Cl)c(C(Cl)c2cc(C)ccc2Br)cc1Cl. The maximum absolute atomic E-state index is 6.60. The zero-order valence-corrected chi connectivity index (χ0v) is 15.4. The molecule has 0 aliphatic heterocycles. The second kappa shape index (κ2) is 7.23. The van der Waals surface area contributed by atoms with Gasteiger partial charge in [0.15, 0.2) is 0 Å². The Morgan fingerprint density at radius 3 is 2.48 bits per heavy atom. The molecule has 5 heteroatoms. The van der Waals surface area contributed by atoms with Crippen LogP contribution in [0.4, 0.5) is 0 Å². The fourth-order valence-corrected chi connectivity index (χ4v) is 3.54. The highest BCUT2D eigenvalue weighted by Gasteiger charge is 2.19. The van der Waals surface area contributed by atoms with Gasteiger partial charge in [0.2, 0.25) is 0 Å². The van der Waals surface area contributed by atoms with Crippen LogP contribution in [0.2, 0.25) is 10.0 Å². The molecular weight excluding hydrogens is 394 g/mol. The van der Waals surface area contributed by atoms with Gasteiger partial charge in [-0.2, -0.15) is 0 Å². The van der Waals surface area contributed by atoms with Crippen molar-refractivity contribution in [2.75, 3.05) is 6.61 Å². The zero-order chi connectivity index (χ0) is 15.6. The van der Waals surface area contributed by atoms with E-state index in [1.54, 1.807) is 12.1 Å². The normalized spacial score (nSPS) is 12.3. The van der Waals surface area contributed by atoms with Gasteiger partial charge in [-0.15, -0.1) is 11.6 Å². The van der Waals surface area contributed by atoms with E-state index in [2.05, 4.69) is 15.9 Å². The standard InChI is InChI=1S/C16H14BrCl3O/c1-3-21-15-8-13(18)11(7-14(15)19)16(20)10-6-9(2)4-5-12(10)17/h4-8,16H,3H2,1-2H3. The van der Waals surface area contributed by atoms with Gasteiger partial charge in [-0.3, -0.25) is 0 Å². The van der Waals surface area contributed by atoms with Gasteiger partial charge in [0.25, 0.3) is 0 Å². The van der Waals surface area contributed by atoms with E-state index in [9.17, 15) is 0 Å². The number of ether oxygens (including phenoxy) is 1. The lowest BCUT2D eigenvalue weighted by Gasteiger charge is -2.16. The van der Waals surface area contributed by atoms with Crippen LogP contribution in [0.5, 0.6) is 5.75 Å². The molecule has 0 aliphatic rings. The maximum Gasteiger partial charge on any atom is 0.139 e. The summed E-state index contributed by atoms with van der Waals surface area (Å²) in [6, 6.07) is 9.50. The molecule has 0 amide bonds. The first-order chi connectivity index (χ1) is 9.93. The van der Waals surface area contributed by atoms with Crippen LogP contribution < -0.4 is 4.74 Å². The molecule has 0 aromatic heterocycles. The van der Waals surface area contributed by atoms with Gasteiger partial charge in [-0.25, -0.2) is 0 Å². The summed E-state index contributed by atoms with van der Waals surface area (Å²) in [5, 5.41) is 0.655. The van der Waals surface area contributed by atoms with Gasteiger partial charge in [-0.1, -0.05) is 56.8 Å². The number of alkyl halides is 1. The maximum atomic E-state index is 6.60. The van der Waals surface area contributed by atoms with Gasteiger partial charge < -0.3 is 4.74 Å². The van der Waals surface area contributed by atoms with Crippen LogP contribution in [0.25, 0.3) is 0 Å². The highest BCUT2D eigenvalue weighted by Crippen LogP contribution is 2.41. The monoisotopic (exact) mass is 406 g/mol. The number of hydrogen-bond donors (Lipinski definition) is 0. The number of halogens is 4. The zero-order valence-electron chi connectivity index (χ0n) is 11.6. The molecule has 2 aromatic carbocycles. The summed E-state index contributed by atoms with van der Waals surface area (Å²) < 4.78 is 6.37. The smallest absolute Gasteiger partial charge is 0.139 e. The number of benzene rings is 2. The summed E-state index contributed by atoms with van der Waals surface area (Å²) in [4.78, 5) is 0. The van der Waals surface area contributed by atoms with Crippen molar-refractivity contribution in [3.63, 3.8) is 0 Å². The average molecular weight is 409 g/mol. The van der Waals surface area contributed by atoms with Gasteiger partial charge in [0.1, 0.15) is 5.75 Å². The first-order valence-corrected chi connectivity index (χ1v) is 8.44. The summed E-state index contributed by atoms with van der Waals surface area (Å²) in [5.74, 6) is 0.570. The van der Waals surface area contributed by atoms with Crippen LogP contribution in [-0.2, 0) is 0 Å². The van der Waals surface area contributed by atoms with E-state index in [4.69, 9.17) is 39.5 Å². The van der Waals surface area contributed by atoms with Crippen molar-refractivity contribution < 1.29 is 4.74 Å². The minimum atomic E-state index is -0.389. The van der Waals surface area contributed by atoms with E-state index in [-0.39, 0.29) is 5.38 Å². The molecule has 0 bridgehead atoms. The molecule has 1 atom stereocenters. The molecule has 0 radical (unpaired) electrons. The molecule has 0 aliphatic carbocycles. The molecule has 21 heavy (non-hydrogen) atoms. The Kier molecular flexibility index (Phi) is 5.84. The molecule has 0 saturated carbocycles. The third-order valence-corrected chi connectivity index (χ3v) is 4.86. The molecule has 1 nitrogen and oxygen atoms in total. The summed E-state index contributed by atoms with van der Waals surface area (Å²) in [6.07, 6.45) is 0. The van der Waals surface area contributed by atoms with Gasteiger partial charge >= 0.3 is 0 Å². The summed E-state index contributed by atoms with van der Waals surface area (Å²) in [6.45, 7) is 4.45. The van der Waals surface area contributed by atoms with Crippen molar-refractivity contribution in [3.8, 4) is 5.75 Å². The second-order valence-corrected chi connectivity index (χ2v) is 6.73. The van der Waals surface area contributed by atoms with Crippen LogP contribution in [-0.4, -0.2) is 6.61 Å². The number of rotatable bonds is 4. The van der Waals surface area contributed by atoms with Gasteiger partial charge in [0.05, 0.1) is 17.0 Å². The average Bonchev–Trinajstić information content (AvgIpc) is 2.44. The third kappa shape index (κ3) is 3.87. The molecule has 1 unspecified atom stereocenters. The Morgan fingerprint density at radius 2 is 1.81 bits per heavy atom. The Morgan fingerprint density at radius 1 is 1.10 bits per heavy atom. The number of hydrogen-bond acceptors (Lipinski definition) is 1. The van der Waals surface area contributed by atoms with E-state index >= 15 is 0 Å². The molecule has 112 valence electrons. The van der Waals surface area contributed by atoms with Crippen molar-refractivity contribution in [1.29, 1.82) is 0 Å². The van der Waals surface area contributed by atoms with Crippen molar-refractivity contribution in [2.24, 2.45) is 0 Å². The quantitative estimate of drug-likeness (QED) is 0.506. The number of aryl methyl sites for hydroxylation is 1. The van der Waals surface area contributed by atoms with Crippen molar-refractivity contribution in [1.82, 2.24) is 0 Å². The van der Waals surface area contributed by atoms with E-state index in [1.807, 2.05) is 32.0 Å². The Bertz CT molecular complexity index is 658. The highest BCUT2D eigenvalue weighted by atomic mass is 79.9. The summed E-state index contributed by atoms with van der Waals surface area (Å²) in [5.41, 5.74) is 2.85. The molecule has 0 N–H and O–H groups in total. The molecular formula is C16H14BrCl3O. The first-order valence-electron chi connectivity index (χ1n) is 6.46. The van der Waals surface area contributed by atoms with Crippen molar-refractivity contribution in [2.45, 2.75) is 19.2 Å². The van der Waals surface area contributed by atoms with E-state index in [1.165, 1.54) is 0 Å². The lowest BCUT2D eigenvalue weighted by molar-refractivity contribution is 0.340. The first kappa shape index (κ1) is 17.0. The van der Waals surface area contributed by atoms with Crippen LogP contribution in [0.15, 0.2) is 34.8 Å². The van der Waals surface area contributed by atoms with E-state index in [0.29, 0.717) is 22.4 Å². The predicted octanol–water partition coefficient (Wildman–Crippen LogP) is 6.79. The highest BCUT2D eigenvalue weighted by molar-refractivity contribution is 9.10. The van der Waals surface area contributed by atoms with Gasteiger partial charge in [0, 0.05) is 15.6 Å². The largest absolute Gasteiger partial charge is 0.492 e. The molecule has 2 rings (SSSR count). The minimum Gasteiger partial charge on any atom is -0.492 e. The molecule has 2 aromatic rings. The van der Waals surface area contributed by atoms with E-state index < -0.39 is 0 Å². The van der Waals surface area contributed by atoms with Gasteiger partial charge in [-0.05, 0) is 37.1 Å². The Balaban J connectivity index is 2.46. The van der Waals surface area contributed by atoms with E-state index in [0.717, 1.165) is 21.2 Å². The van der Waals surface area contributed by atoms with Crippen LogP contribution in [0.1, 0.15) is 29.0 Å². The molecule has 0 saturated heterocycles. The van der Waals surface area contributed by atoms with Crippen LogP contribution in [0, 0.1) is 6.92 Å². The lowest BCUT2D eigenvalue weighted by atomic mass is 10.0. The van der Waals surface area contributed by atoms with Crippen molar-refractivity contribution >= 4 is 50.7 Å². The predicted molar refractivity (Wildman–Crippen MR) is 94.2 cm³/mol. The molecule has 0 spiro atoms. The Hall–Kier alpha value is -0.410. The Labute approximate surface area is 148 Å². The topological polar surface area (TPSA) is 9.23 Å². The lowest BCUT2D eigenvalue weighted by Crippen LogP contribution is -1.99. The fraction of sp³-hybridized carbons (Fsp3) is 0.250. The van der Waals surface area contributed by atoms with Crippen LogP contribution in [0.3, 0.4) is 0 Å². The third-order valence-electron chi connectivity index (χ3n) is 3.05. The molecule has 0 heterocycles. The molecule has 0 fully saturated rings. The fourth-order valence-electron chi connectivity index (χ4n) is 2.03. The second-order valence-electron chi connectivity index (χ2n) is 4.62. The minimum absolute atomic E-state index is 0.389. The summed E-state index contributed by atoms with van der Waals surface area (Å²) >= 11 is 22.7.